The van der Waals surface area contributed by atoms with E-state index in [0.717, 1.165) is 22.8 Å². The van der Waals surface area contributed by atoms with Gasteiger partial charge >= 0.3 is 0 Å². The van der Waals surface area contributed by atoms with Crippen molar-refractivity contribution in [2.75, 3.05) is 0 Å². The van der Waals surface area contributed by atoms with Crippen molar-refractivity contribution in [3.05, 3.63) is 47.3 Å². The summed E-state index contributed by atoms with van der Waals surface area (Å²) in [6.45, 7) is 0. The summed E-state index contributed by atoms with van der Waals surface area (Å²) in [4.78, 5) is 3.12. The Bertz CT molecular complexity index is 485. The van der Waals surface area contributed by atoms with Crippen LogP contribution < -0.4 is 0 Å². The predicted molar refractivity (Wildman–Crippen MR) is 61.8 cm³/mol. The lowest BCUT2D eigenvalue weighted by atomic mass is 10.3. The molecule has 3 aromatic rings. The highest BCUT2D eigenvalue weighted by molar-refractivity contribution is 7.08. The summed E-state index contributed by atoms with van der Waals surface area (Å²) in [6, 6.07) is 10.00. The molecule has 0 saturated heterocycles. The van der Waals surface area contributed by atoms with E-state index in [4.69, 9.17) is 4.42 Å². The molecular weight excluding hydrogens is 206 g/mol. The average Bonchev–Trinajstić information content (AvgIpc) is 3.02. The van der Waals surface area contributed by atoms with E-state index >= 15 is 0 Å². The van der Waals surface area contributed by atoms with E-state index in [1.54, 1.807) is 11.3 Å². The van der Waals surface area contributed by atoms with Crippen molar-refractivity contribution >= 4 is 11.3 Å². The summed E-state index contributed by atoms with van der Waals surface area (Å²) in [7, 11) is 0. The Kier molecular flexibility index (Phi) is 1.96. The lowest BCUT2D eigenvalue weighted by Gasteiger charge is -1.92. The lowest BCUT2D eigenvalue weighted by Crippen LogP contribution is -1.69. The zero-order valence-corrected chi connectivity index (χ0v) is 8.75. The second-order valence-corrected chi connectivity index (χ2v) is 4.04. The molecule has 3 heterocycles. The summed E-state index contributed by atoms with van der Waals surface area (Å²) < 4.78 is 5.75. The van der Waals surface area contributed by atoms with Gasteiger partial charge in [-0.2, -0.15) is 11.3 Å². The minimum Gasteiger partial charge on any atom is -0.455 e. The Morgan fingerprint density at radius 1 is 1.07 bits per heavy atom. The van der Waals surface area contributed by atoms with Crippen molar-refractivity contribution < 1.29 is 4.42 Å². The number of hydrogen-bond acceptors (Lipinski definition) is 2. The van der Waals surface area contributed by atoms with Gasteiger partial charge in [-0.3, -0.25) is 0 Å². The van der Waals surface area contributed by atoms with Crippen molar-refractivity contribution in [1.82, 2.24) is 4.98 Å². The number of nitrogens with one attached hydrogen (secondary N) is 1. The van der Waals surface area contributed by atoms with Crippen molar-refractivity contribution in [2.45, 2.75) is 0 Å². The summed E-state index contributed by atoms with van der Waals surface area (Å²) >= 11 is 1.67. The first-order chi connectivity index (χ1) is 7.43. The summed E-state index contributed by atoms with van der Waals surface area (Å²) in [5.41, 5.74) is 2.15. The topological polar surface area (TPSA) is 28.9 Å². The van der Waals surface area contributed by atoms with Gasteiger partial charge in [0, 0.05) is 17.1 Å². The molecule has 74 valence electrons. The zero-order chi connectivity index (χ0) is 10.1. The number of aromatic amines is 1. The molecule has 0 aliphatic carbocycles. The highest BCUT2D eigenvalue weighted by Crippen LogP contribution is 2.28. The number of rotatable bonds is 2. The molecule has 0 amide bonds. The number of H-pyrrole nitrogens is 1. The molecule has 0 radical (unpaired) electrons. The molecule has 15 heavy (non-hydrogen) atoms. The van der Waals surface area contributed by atoms with Gasteiger partial charge in [0.1, 0.15) is 5.76 Å². The average molecular weight is 215 g/mol. The second kappa shape index (κ2) is 3.44. The third kappa shape index (κ3) is 1.51. The van der Waals surface area contributed by atoms with Gasteiger partial charge in [-0.15, -0.1) is 0 Å². The van der Waals surface area contributed by atoms with Gasteiger partial charge in [0.2, 0.25) is 0 Å². The summed E-state index contributed by atoms with van der Waals surface area (Å²) in [5, 5.41) is 4.13. The Morgan fingerprint density at radius 2 is 2.00 bits per heavy atom. The molecule has 0 aliphatic heterocycles. The van der Waals surface area contributed by atoms with Crippen LogP contribution in [0.25, 0.3) is 22.8 Å². The molecule has 0 fully saturated rings. The Labute approximate surface area is 91.2 Å². The minimum absolute atomic E-state index is 0.876. The minimum atomic E-state index is 0.876. The standard InChI is InChI=1S/C12H9NOS/c1-2-10(13-6-1)12-4-3-11(14-12)9-5-7-15-8-9/h1-8,13H. The van der Waals surface area contributed by atoms with Crippen molar-refractivity contribution in [2.24, 2.45) is 0 Å². The van der Waals surface area contributed by atoms with Crippen molar-refractivity contribution in [3.8, 4) is 22.8 Å². The summed E-state index contributed by atoms with van der Waals surface area (Å²) in [6.07, 6.45) is 1.89. The number of aromatic nitrogens is 1. The van der Waals surface area contributed by atoms with E-state index in [0.29, 0.717) is 0 Å². The quantitative estimate of drug-likeness (QED) is 0.687. The normalized spacial score (nSPS) is 10.7. The van der Waals surface area contributed by atoms with Crippen LogP contribution in [0.5, 0.6) is 0 Å². The summed E-state index contributed by atoms with van der Waals surface area (Å²) in [5.74, 6) is 1.79. The molecule has 3 heteroatoms. The van der Waals surface area contributed by atoms with E-state index < -0.39 is 0 Å². The molecule has 3 rings (SSSR count). The number of hydrogen-bond donors (Lipinski definition) is 1. The van der Waals surface area contributed by atoms with Crippen LogP contribution >= 0.6 is 11.3 Å². The Balaban J connectivity index is 2.02. The third-order valence-corrected chi connectivity index (χ3v) is 2.96. The van der Waals surface area contributed by atoms with Gasteiger partial charge < -0.3 is 9.40 Å². The van der Waals surface area contributed by atoms with Crippen LogP contribution in [0.3, 0.4) is 0 Å². The molecule has 3 aromatic heterocycles. The van der Waals surface area contributed by atoms with Gasteiger partial charge in [0.05, 0.1) is 5.69 Å². The highest BCUT2D eigenvalue weighted by Gasteiger charge is 2.06. The number of furan rings is 1. The predicted octanol–water partition coefficient (Wildman–Crippen LogP) is 4.00. The van der Waals surface area contributed by atoms with Crippen LogP contribution in [0.1, 0.15) is 0 Å². The van der Waals surface area contributed by atoms with Crippen LogP contribution in [-0.2, 0) is 0 Å². The molecule has 0 unspecified atom stereocenters. The lowest BCUT2D eigenvalue weighted by molar-refractivity contribution is 0.596. The van der Waals surface area contributed by atoms with E-state index in [1.807, 2.05) is 35.8 Å². The SMILES string of the molecule is c1c[nH]c(-c2ccc(-c3ccsc3)o2)c1. The van der Waals surface area contributed by atoms with E-state index in [2.05, 4.69) is 16.4 Å². The molecule has 0 spiro atoms. The smallest absolute Gasteiger partial charge is 0.151 e. The van der Waals surface area contributed by atoms with Gasteiger partial charge in [-0.25, -0.2) is 0 Å². The van der Waals surface area contributed by atoms with E-state index in [-0.39, 0.29) is 0 Å². The van der Waals surface area contributed by atoms with E-state index in [9.17, 15) is 0 Å². The van der Waals surface area contributed by atoms with Crippen LogP contribution in [0.2, 0.25) is 0 Å². The fraction of sp³-hybridized carbons (Fsp3) is 0. The monoisotopic (exact) mass is 215 g/mol. The molecule has 0 aliphatic rings. The highest BCUT2D eigenvalue weighted by atomic mass is 32.1. The van der Waals surface area contributed by atoms with Crippen LogP contribution in [-0.4, -0.2) is 4.98 Å². The first-order valence-electron chi connectivity index (χ1n) is 4.70. The molecule has 0 saturated carbocycles. The molecule has 0 atom stereocenters. The van der Waals surface area contributed by atoms with Gasteiger partial charge in [0.25, 0.3) is 0 Å². The van der Waals surface area contributed by atoms with Crippen molar-refractivity contribution in [3.63, 3.8) is 0 Å². The maximum absolute atomic E-state index is 5.75. The third-order valence-electron chi connectivity index (χ3n) is 2.28. The first-order valence-corrected chi connectivity index (χ1v) is 5.64. The Hall–Kier alpha value is -1.74. The van der Waals surface area contributed by atoms with Gasteiger partial charge in [0.15, 0.2) is 5.76 Å². The second-order valence-electron chi connectivity index (χ2n) is 3.26. The largest absolute Gasteiger partial charge is 0.455 e. The van der Waals surface area contributed by atoms with E-state index in [1.165, 1.54) is 0 Å². The molecule has 0 aromatic carbocycles. The van der Waals surface area contributed by atoms with Gasteiger partial charge in [-0.1, -0.05) is 0 Å². The van der Waals surface area contributed by atoms with Crippen molar-refractivity contribution in [1.29, 1.82) is 0 Å². The molecule has 2 nitrogen and oxygen atoms in total. The van der Waals surface area contributed by atoms with Crippen LogP contribution in [0, 0.1) is 0 Å². The number of thiophene rings is 1. The molecule has 0 bridgehead atoms. The molecular formula is C12H9NOS. The maximum atomic E-state index is 5.75. The first kappa shape index (κ1) is 8.56. The molecule has 1 N–H and O–H groups in total. The van der Waals surface area contributed by atoms with Crippen LogP contribution in [0.4, 0.5) is 0 Å². The Morgan fingerprint density at radius 3 is 2.73 bits per heavy atom. The van der Waals surface area contributed by atoms with Crippen LogP contribution in [0.15, 0.2) is 51.7 Å². The fourth-order valence-corrected chi connectivity index (χ4v) is 2.17. The fourth-order valence-electron chi connectivity index (χ4n) is 1.53. The maximum Gasteiger partial charge on any atom is 0.151 e. The zero-order valence-electron chi connectivity index (χ0n) is 7.94. The van der Waals surface area contributed by atoms with Gasteiger partial charge in [-0.05, 0) is 35.7 Å².